The Bertz CT molecular complexity index is 1320. The molecule has 2 fully saturated rings. The van der Waals surface area contributed by atoms with E-state index in [1.54, 1.807) is 23.1 Å². The van der Waals surface area contributed by atoms with Crippen molar-refractivity contribution >= 4 is 52.6 Å². The molecule has 2 saturated heterocycles. The van der Waals surface area contributed by atoms with Crippen LogP contribution in [0.25, 0.3) is 0 Å². The van der Waals surface area contributed by atoms with Crippen LogP contribution in [0.4, 0.5) is 17.5 Å². The Balaban J connectivity index is 1.30. The minimum Gasteiger partial charge on any atom is -0.494 e. The lowest BCUT2D eigenvalue weighted by Crippen LogP contribution is -2.56. The molecule has 1 atom stereocenters. The lowest BCUT2D eigenvalue weighted by molar-refractivity contribution is -0.125. The number of amides is 2. The molecule has 3 aliphatic heterocycles. The van der Waals surface area contributed by atoms with E-state index in [0.717, 1.165) is 50.5 Å². The summed E-state index contributed by atoms with van der Waals surface area (Å²) in [5.74, 6) is -1.01. The van der Waals surface area contributed by atoms with Crippen LogP contribution in [-0.4, -0.2) is 69.3 Å². The number of aromatic nitrogens is 3. The molecule has 12 nitrogen and oxygen atoms in total. The van der Waals surface area contributed by atoms with Crippen molar-refractivity contribution in [3.05, 3.63) is 34.7 Å². The highest BCUT2D eigenvalue weighted by Crippen LogP contribution is 2.39. The molecular formula is C25H32ClN9O3S. The van der Waals surface area contributed by atoms with E-state index in [1.165, 1.54) is 0 Å². The van der Waals surface area contributed by atoms with Crippen LogP contribution >= 0.6 is 23.4 Å². The third-order valence-electron chi connectivity index (χ3n) is 7.58. The predicted octanol–water partition coefficient (Wildman–Crippen LogP) is 2.47. The van der Waals surface area contributed by atoms with E-state index in [-0.39, 0.29) is 39.6 Å². The predicted molar refractivity (Wildman–Crippen MR) is 149 cm³/mol. The molecule has 1 unspecified atom stereocenters. The molecule has 39 heavy (non-hydrogen) atoms. The third kappa shape index (κ3) is 5.56. The van der Waals surface area contributed by atoms with Gasteiger partial charge in [-0.2, -0.15) is 4.98 Å². The van der Waals surface area contributed by atoms with Crippen LogP contribution in [-0.2, 0) is 9.59 Å². The molecule has 208 valence electrons. The van der Waals surface area contributed by atoms with Crippen molar-refractivity contribution in [3.8, 4) is 0 Å². The van der Waals surface area contributed by atoms with Gasteiger partial charge in [-0.3, -0.25) is 9.59 Å². The standard InChI is InChI=1S/C25H32ClN9O3S/c1-25(13-27)8-11-34(12-9-25)24-31-19(28)22(32-33-24)39-15-6-4-5-14(18(15)26)29-20(36)17-21(37)30-16-7-2-3-10-35(16)23(17)38/h4-6,16,38H,2-3,7-13,27H2,1H3,(H,29,36)(H,30,37)(H2,28,31,33). The minimum absolute atomic E-state index is 0.120. The molecule has 0 aliphatic carbocycles. The van der Waals surface area contributed by atoms with Gasteiger partial charge in [0.15, 0.2) is 16.4 Å². The van der Waals surface area contributed by atoms with Crippen LogP contribution in [0.3, 0.4) is 0 Å². The van der Waals surface area contributed by atoms with E-state index in [4.69, 9.17) is 23.1 Å². The van der Waals surface area contributed by atoms with Gasteiger partial charge in [0, 0.05) is 24.5 Å². The summed E-state index contributed by atoms with van der Waals surface area (Å²) in [7, 11) is 0. The number of aliphatic hydroxyl groups is 1. The summed E-state index contributed by atoms with van der Waals surface area (Å²) in [5, 5.41) is 25.3. The van der Waals surface area contributed by atoms with E-state index in [2.05, 4.69) is 37.6 Å². The monoisotopic (exact) mass is 573 g/mol. The van der Waals surface area contributed by atoms with Crippen LogP contribution in [0.2, 0.25) is 5.02 Å². The van der Waals surface area contributed by atoms with Gasteiger partial charge >= 0.3 is 0 Å². The molecule has 1 aromatic carbocycles. The average molecular weight is 574 g/mol. The Morgan fingerprint density at radius 2 is 2.05 bits per heavy atom. The Kier molecular flexibility index (Phi) is 7.74. The molecule has 5 rings (SSSR count). The van der Waals surface area contributed by atoms with Gasteiger partial charge in [-0.1, -0.05) is 36.4 Å². The molecule has 2 aromatic rings. The number of nitrogen functional groups attached to an aromatic ring is 1. The first kappa shape index (κ1) is 27.3. The topological polar surface area (TPSA) is 176 Å². The van der Waals surface area contributed by atoms with Gasteiger partial charge in [-0.15, -0.1) is 10.2 Å². The van der Waals surface area contributed by atoms with Crippen LogP contribution < -0.4 is 27.0 Å². The zero-order chi connectivity index (χ0) is 27.7. The number of aliphatic hydroxyl groups excluding tert-OH is 1. The van der Waals surface area contributed by atoms with Gasteiger partial charge in [0.25, 0.3) is 11.8 Å². The number of benzene rings is 1. The molecule has 0 radical (unpaired) electrons. The SMILES string of the molecule is CC1(CN)CCN(c2nnc(Sc3cccc(NC(=O)C4=C(O)N5CCCCC5NC4=O)c3Cl)c(N)n2)CC1. The highest BCUT2D eigenvalue weighted by molar-refractivity contribution is 7.99. The number of nitrogens with zero attached hydrogens (tertiary/aromatic N) is 5. The number of nitrogens with one attached hydrogen (secondary N) is 2. The molecule has 7 N–H and O–H groups in total. The maximum Gasteiger partial charge on any atom is 0.266 e. The first-order valence-corrected chi connectivity index (χ1v) is 14.1. The summed E-state index contributed by atoms with van der Waals surface area (Å²) in [6.07, 6.45) is 4.08. The van der Waals surface area contributed by atoms with Crippen molar-refractivity contribution in [3.63, 3.8) is 0 Å². The number of hydrogen-bond acceptors (Lipinski definition) is 11. The number of anilines is 3. The van der Waals surface area contributed by atoms with Crippen molar-refractivity contribution < 1.29 is 14.7 Å². The van der Waals surface area contributed by atoms with E-state index in [0.29, 0.717) is 35.4 Å². The quantitative estimate of drug-likeness (QED) is 0.321. The van der Waals surface area contributed by atoms with Crippen molar-refractivity contribution in [1.29, 1.82) is 0 Å². The fraction of sp³-hybridized carbons (Fsp3) is 0.480. The van der Waals surface area contributed by atoms with Crippen LogP contribution in [0, 0.1) is 5.41 Å². The van der Waals surface area contributed by atoms with E-state index in [1.807, 2.05) is 0 Å². The van der Waals surface area contributed by atoms with Crippen molar-refractivity contribution in [2.45, 2.75) is 55.1 Å². The van der Waals surface area contributed by atoms with Gasteiger partial charge < -0.3 is 37.0 Å². The molecular weight excluding hydrogens is 542 g/mol. The Labute approximate surface area is 235 Å². The number of carbonyl (C=O) groups is 2. The van der Waals surface area contributed by atoms with Gasteiger partial charge in [-0.25, -0.2) is 0 Å². The highest BCUT2D eigenvalue weighted by atomic mass is 35.5. The largest absolute Gasteiger partial charge is 0.494 e. The number of halogens is 1. The summed E-state index contributed by atoms with van der Waals surface area (Å²) in [6, 6.07) is 5.06. The second-order valence-corrected chi connectivity index (χ2v) is 11.8. The summed E-state index contributed by atoms with van der Waals surface area (Å²) >= 11 is 7.78. The maximum atomic E-state index is 13.0. The fourth-order valence-electron chi connectivity index (χ4n) is 4.96. The summed E-state index contributed by atoms with van der Waals surface area (Å²) in [4.78, 5) is 34.4. The maximum absolute atomic E-state index is 13.0. The molecule has 0 saturated carbocycles. The lowest BCUT2D eigenvalue weighted by Gasteiger charge is -2.40. The van der Waals surface area contributed by atoms with Gasteiger partial charge in [0.05, 0.1) is 10.7 Å². The fourth-order valence-corrected chi connectivity index (χ4v) is 6.04. The second kappa shape index (κ2) is 11.1. The number of nitrogens with two attached hydrogens (primary N) is 2. The zero-order valence-electron chi connectivity index (χ0n) is 21.6. The van der Waals surface area contributed by atoms with E-state index >= 15 is 0 Å². The summed E-state index contributed by atoms with van der Waals surface area (Å²) in [6.45, 7) is 4.93. The van der Waals surface area contributed by atoms with E-state index in [9.17, 15) is 14.7 Å². The number of hydrogen-bond donors (Lipinski definition) is 5. The average Bonchev–Trinajstić information content (AvgIpc) is 2.92. The molecule has 2 amide bonds. The van der Waals surface area contributed by atoms with Crippen LogP contribution in [0.15, 0.2) is 39.6 Å². The lowest BCUT2D eigenvalue weighted by atomic mass is 9.81. The number of piperidine rings is 2. The van der Waals surface area contributed by atoms with Gasteiger partial charge in [-0.05, 0) is 56.2 Å². The van der Waals surface area contributed by atoms with Gasteiger partial charge in [0.2, 0.25) is 11.8 Å². The number of fused-ring (bicyclic) bond motifs is 1. The molecule has 3 aliphatic rings. The minimum atomic E-state index is -0.754. The Morgan fingerprint density at radius 3 is 2.77 bits per heavy atom. The van der Waals surface area contributed by atoms with Crippen LogP contribution in [0.5, 0.6) is 0 Å². The molecule has 14 heteroatoms. The highest BCUT2D eigenvalue weighted by Gasteiger charge is 2.38. The second-order valence-electron chi connectivity index (χ2n) is 10.4. The summed E-state index contributed by atoms with van der Waals surface area (Å²) < 4.78 is 0. The number of carbonyl (C=O) groups excluding carboxylic acids is 2. The Morgan fingerprint density at radius 1 is 1.28 bits per heavy atom. The van der Waals surface area contributed by atoms with Crippen molar-refractivity contribution in [2.75, 3.05) is 42.1 Å². The molecule has 4 heterocycles. The smallest absolute Gasteiger partial charge is 0.266 e. The summed E-state index contributed by atoms with van der Waals surface area (Å²) in [5.41, 5.74) is 12.2. The molecule has 0 spiro atoms. The van der Waals surface area contributed by atoms with Crippen molar-refractivity contribution in [2.24, 2.45) is 11.1 Å². The Hall–Kier alpha value is -3.29. The van der Waals surface area contributed by atoms with Crippen LogP contribution in [0.1, 0.15) is 39.0 Å². The first-order chi connectivity index (χ1) is 18.7. The van der Waals surface area contributed by atoms with E-state index < -0.39 is 11.8 Å². The first-order valence-electron chi connectivity index (χ1n) is 12.9. The number of rotatable bonds is 6. The van der Waals surface area contributed by atoms with Gasteiger partial charge in [0.1, 0.15) is 6.17 Å². The molecule has 1 aromatic heterocycles. The third-order valence-corrected chi connectivity index (χ3v) is 9.15. The molecule has 0 bridgehead atoms. The normalized spacial score (nSPS) is 20.9. The van der Waals surface area contributed by atoms with Crippen molar-refractivity contribution in [1.82, 2.24) is 25.4 Å². The zero-order valence-corrected chi connectivity index (χ0v) is 23.2.